The molecule has 2 rings (SSSR count). The Morgan fingerprint density at radius 3 is 3.06 bits per heavy atom. The van der Waals surface area contributed by atoms with Gasteiger partial charge < -0.3 is 9.84 Å². The Hall–Kier alpha value is -2.10. The molecule has 88 valence electrons. The molecule has 0 fully saturated rings. The summed E-state index contributed by atoms with van der Waals surface area (Å²) < 4.78 is 5.46. The lowest BCUT2D eigenvalue weighted by Gasteiger charge is -2.05. The van der Waals surface area contributed by atoms with Crippen molar-refractivity contribution in [3.05, 3.63) is 36.5 Å². The second-order valence-electron chi connectivity index (χ2n) is 3.70. The van der Waals surface area contributed by atoms with E-state index >= 15 is 0 Å². The summed E-state index contributed by atoms with van der Waals surface area (Å²) in [6.45, 7) is 0.407. The van der Waals surface area contributed by atoms with Gasteiger partial charge in [0, 0.05) is 24.1 Å². The first-order chi connectivity index (χ1) is 8.25. The minimum Gasteiger partial charge on any atom is -0.494 e. The molecule has 1 aromatic carbocycles. The van der Waals surface area contributed by atoms with E-state index in [1.807, 2.05) is 30.3 Å². The van der Waals surface area contributed by atoms with E-state index in [1.165, 1.54) is 0 Å². The van der Waals surface area contributed by atoms with Crippen molar-refractivity contribution in [3.8, 4) is 5.75 Å². The van der Waals surface area contributed by atoms with Gasteiger partial charge in [0.2, 0.25) is 0 Å². The first kappa shape index (κ1) is 11.4. The Morgan fingerprint density at radius 2 is 2.24 bits per heavy atom. The Balaban J connectivity index is 1.97. The maximum absolute atomic E-state index is 10.3. The van der Waals surface area contributed by atoms with E-state index in [-0.39, 0.29) is 6.42 Å². The number of aliphatic carboxylic acids is 1. The first-order valence-electron chi connectivity index (χ1n) is 5.45. The maximum atomic E-state index is 10.3. The summed E-state index contributed by atoms with van der Waals surface area (Å²) in [5.74, 6) is -0.0737. The highest BCUT2D eigenvalue weighted by Gasteiger charge is 1.99. The maximum Gasteiger partial charge on any atom is 0.303 e. The molecule has 4 heteroatoms. The van der Waals surface area contributed by atoms with Gasteiger partial charge in [0.05, 0.1) is 12.1 Å². The fraction of sp³-hybridized carbons (Fsp3) is 0.231. The molecule has 0 atom stereocenters. The van der Waals surface area contributed by atoms with E-state index in [1.54, 1.807) is 6.20 Å². The molecule has 1 heterocycles. The molecule has 0 saturated carbocycles. The third kappa shape index (κ3) is 3.17. The second-order valence-corrected chi connectivity index (χ2v) is 3.70. The number of hydrogen-bond donors (Lipinski definition) is 1. The van der Waals surface area contributed by atoms with Gasteiger partial charge in [-0.1, -0.05) is 6.07 Å². The standard InChI is InChI=1S/C13H13NO3/c15-13(16)4-2-8-17-11-6-5-10-3-1-7-14-12(10)9-11/h1,3,5-7,9H,2,4,8H2,(H,15,16). The summed E-state index contributed by atoms with van der Waals surface area (Å²) in [5, 5.41) is 9.55. The Kier molecular flexibility index (Phi) is 3.55. The quantitative estimate of drug-likeness (QED) is 0.803. The van der Waals surface area contributed by atoms with Gasteiger partial charge in [0.25, 0.3) is 0 Å². The highest BCUT2D eigenvalue weighted by atomic mass is 16.5. The molecular formula is C13H13NO3. The van der Waals surface area contributed by atoms with Crippen LogP contribution in [0.1, 0.15) is 12.8 Å². The lowest BCUT2D eigenvalue weighted by molar-refractivity contribution is -0.137. The number of ether oxygens (including phenoxy) is 1. The number of carboxylic acids is 1. The van der Waals surface area contributed by atoms with E-state index in [0.717, 1.165) is 16.7 Å². The van der Waals surface area contributed by atoms with Crippen molar-refractivity contribution in [1.82, 2.24) is 4.98 Å². The van der Waals surface area contributed by atoms with Crippen LogP contribution >= 0.6 is 0 Å². The van der Waals surface area contributed by atoms with Gasteiger partial charge in [-0.05, 0) is 24.6 Å². The SMILES string of the molecule is O=C(O)CCCOc1ccc2cccnc2c1. The summed E-state index contributed by atoms with van der Waals surface area (Å²) in [7, 11) is 0. The van der Waals surface area contributed by atoms with Gasteiger partial charge in [0.1, 0.15) is 5.75 Å². The Bertz CT molecular complexity index is 525. The number of rotatable bonds is 5. The monoisotopic (exact) mass is 231 g/mol. The normalized spacial score (nSPS) is 10.4. The second kappa shape index (κ2) is 5.30. The average Bonchev–Trinajstić information content (AvgIpc) is 2.34. The van der Waals surface area contributed by atoms with E-state index in [2.05, 4.69) is 4.98 Å². The first-order valence-corrected chi connectivity index (χ1v) is 5.45. The van der Waals surface area contributed by atoms with Gasteiger partial charge in [-0.3, -0.25) is 9.78 Å². The fourth-order valence-electron chi connectivity index (χ4n) is 1.55. The van der Waals surface area contributed by atoms with Crippen molar-refractivity contribution < 1.29 is 14.6 Å². The van der Waals surface area contributed by atoms with Crippen molar-refractivity contribution in [2.75, 3.05) is 6.61 Å². The van der Waals surface area contributed by atoms with E-state index in [0.29, 0.717) is 13.0 Å². The predicted octanol–water partition coefficient (Wildman–Crippen LogP) is 2.48. The van der Waals surface area contributed by atoms with Crippen LogP contribution in [0.2, 0.25) is 0 Å². The highest BCUT2D eigenvalue weighted by Crippen LogP contribution is 2.18. The molecule has 0 unspecified atom stereocenters. The molecule has 0 aliphatic carbocycles. The minimum absolute atomic E-state index is 0.131. The topological polar surface area (TPSA) is 59.4 Å². The number of carbonyl (C=O) groups is 1. The molecule has 0 amide bonds. The van der Waals surface area contributed by atoms with Gasteiger partial charge in [0.15, 0.2) is 0 Å². The van der Waals surface area contributed by atoms with Crippen molar-refractivity contribution in [1.29, 1.82) is 0 Å². The number of carboxylic acid groups (broad SMARTS) is 1. The summed E-state index contributed by atoms with van der Waals surface area (Å²) in [5.41, 5.74) is 0.878. The Morgan fingerprint density at radius 1 is 1.35 bits per heavy atom. The Labute approximate surface area is 98.9 Å². The summed E-state index contributed by atoms with van der Waals surface area (Å²) in [6.07, 6.45) is 2.37. The van der Waals surface area contributed by atoms with Crippen LogP contribution in [0.25, 0.3) is 10.9 Å². The average molecular weight is 231 g/mol. The van der Waals surface area contributed by atoms with Crippen LogP contribution < -0.4 is 4.74 Å². The van der Waals surface area contributed by atoms with Crippen LogP contribution in [-0.2, 0) is 4.79 Å². The van der Waals surface area contributed by atoms with Crippen LogP contribution in [0.3, 0.4) is 0 Å². The molecule has 17 heavy (non-hydrogen) atoms. The third-order valence-corrected chi connectivity index (χ3v) is 2.38. The van der Waals surface area contributed by atoms with Crippen LogP contribution in [0.15, 0.2) is 36.5 Å². The number of aromatic nitrogens is 1. The van der Waals surface area contributed by atoms with Crippen LogP contribution in [0, 0.1) is 0 Å². The number of fused-ring (bicyclic) bond motifs is 1. The van der Waals surface area contributed by atoms with E-state index in [9.17, 15) is 4.79 Å². The zero-order valence-corrected chi connectivity index (χ0v) is 9.30. The molecule has 4 nitrogen and oxygen atoms in total. The molecule has 0 aliphatic heterocycles. The molecule has 0 spiro atoms. The van der Waals surface area contributed by atoms with Crippen LogP contribution in [-0.4, -0.2) is 22.7 Å². The minimum atomic E-state index is -0.797. The van der Waals surface area contributed by atoms with Crippen molar-refractivity contribution >= 4 is 16.9 Å². The van der Waals surface area contributed by atoms with E-state index < -0.39 is 5.97 Å². The summed E-state index contributed by atoms with van der Waals surface area (Å²) in [6, 6.07) is 9.53. The van der Waals surface area contributed by atoms with E-state index in [4.69, 9.17) is 9.84 Å². The zero-order chi connectivity index (χ0) is 12.1. The molecule has 0 saturated heterocycles. The molecular weight excluding hydrogens is 218 g/mol. The number of pyridine rings is 1. The summed E-state index contributed by atoms with van der Waals surface area (Å²) >= 11 is 0. The van der Waals surface area contributed by atoms with Gasteiger partial charge >= 0.3 is 5.97 Å². The van der Waals surface area contributed by atoms with Crippen molar-refractivity contribution in [3.63, 3.8) is 0 Å². The fourth-order valence-corrected chi connectivity index (χ4v) is 1.55. The van der Waals surface area contributed by atoms with Crippen LogP contribution in [0.4, 0.5) is 0 Å². The largest absolute Gasteiger partial charge is 0.494 e. The number of benzene rings is 1. The van der Waals surface area contributed by atoms with Gasteiger partial charge in [-0.25, -0.2) is 0 Å². The number of hydrogen-bond acceptors (Lipinski definition) is 3. The molecule has 1 N–H and O–H groups in total. The van der Waals surface area contributed by atoms with Gasteiger partial charge in [-0.15, -0.1) is 0 Å². The molecule has 2 aromatic rings. The molecule has 1 aromatic heterocycles. The lowest BCUT2D eigenvalue weighted by atomic mass is 10.2. The summed E-state index contributed by atoms with van der Waals surface area (Å²) in [4.78, 5) is 14.5. The third-order valence-electron chi connectivity index (χ3n) is 2.38. The van der Waals surface area contributed by atoms with Crippen molar-refractivity contribution in [2.45, 2.75) is 12.8 Å². The molecule has 0 aliphatic rings. The molecule has 0 radical (unpaired) electrons. The smallest absolute Gasteiger partial charge is 0.303 e. The molecule has 0 bridgehead atoms. The predicted molar refractivity (Wildman–Crippen MR) is 64.1 cm³/mol. The number of nitrogens with zero attached hydrogens (tertiary/aromatic N) is 1. The highest BCUT2D eigenvalue weighted by molar-refractivity contribution is 5.79. The lowest BCUT2D eigenvalue weighted by Crippen LogP contribution is -2.02. The zero-order valence-electron chi connectivity index (χ0n) is 9.30. The van der Waals surface area contributed by atoms with Crippen molar-refractivity contribution in [2.24, 2.45) is 0 Å². The van der Waals surface area contributed by atoms with Crippen LogP contribution in [0.5, 0.6) is 5.75 Å². The van der Waals surface area contributed by atoms with Gasteiger partial charge in [-0.2, -0.15) is 0 Å².